The van der Waals surface area contributed by atoms with Gasteiger partial charge in [0.1, 0.15) is 0 Å². The zero-order chi connectivity index (χ0) is 7.73. The first-order valence-electron chi connectivity index (χ1n) is 4.61. The summed E-state index contributed by atoms with van der Waals surface area (Å²) in [6.45, 7) is 0. The molecule has 0 spiro atoms. The molecule has 1 aliphatic heterocycles. The molecule has 0 aromatic rings. The van der Waals surface area contributed by atoms with Gasteiger partial charge in [0, 0.05) is 0 Å². The summed E-state index contributed by atoms with van der Waals surface area (Å²) in [5.41, 5.74) is 0. The van der Waals surface area contributed by atoms with Crippen molar-refractivity contribution in [1.82, 2.24) is 0 Å². The molecule has 1 saturated heterocycles. The van der Waals surface area contributed by atoms with Gasteiger partial charge in [-0.15, -0.1) is 0 Å². The second kappa shape index (κ2) is 4.82. The largest absolute Gasteiger partial charge is 1.00 e. The van der Waals surface area contributed by atoms with Crippen LogP contribution in [-0.4, -0.2) is 19.2 Å². The SMILES string of the molecule is BrCC1([Se+]2CCCC2)CCC1.[Br-]. The van der Waals surface area contributed by atoms with Gasteiger partial charge in [0.15, 0.2) is 0 Å². The van der Waals surface area contributed by atoms with Crippen molar-refractivity contribution in [2.75, 3.05) is 5.33 Å². The quantitative estimate of drug-likeness (QED) is 0.498. The third kappa shape index (κ3) is 1.94. The third-order valence-corrected chi connectivity index (χ3v) is 12.1. The van der Waals surface area contributed by atoms with Gasteiger partial charge in [-0.25, -0.2) is 0 Å². The van der Waals surface area contributed by atoms with E-state index in [0.717, 1.165) is 4.31 Å². The Kier molecular flexibility index (Phi) is 4.64. The molecule has 1 saturated carbocycles. The second-order valence-electron chi connectivity index (χ2n) is 3.78. The Hall–Kier alpha value is 1.48. The summed E-state index contributed by atoms with van der Waals surface area (Å²) in [7, 11) is 0. The Labute approximate surface area is 98.7 Å². The summed E-state index contributed by atoms with van der Waals surface area (Å²) in [6.07, 6.45) is 7.75. The van der Waals surface area contributed by atoms with Gasteiger partial charge < -0.3 is 17.0 Å². The van der Waals surface area contributed by atoms with Crippen molar-refractivity contribution >= 4 is 29.8 Å². The van der Waals surface area contributed by atoms with Crippen LogP contribution in [0.5, 0.6) is 0 Å². The van der Waals surface area contributed by atoms with E-state index < -0.39 is 0 Å². The van der Waals surface area contributed by atoms with Crippen molar-refractivity contribution in [3.8, 4) is 0 Å². The summed E-state index contributed by atoms with van der Waals surface area (Å²) in [5, 5.41) is 4.61. The van der Waals surface area contributed by atoms with Crippen LogP contribution in [0, 0.1) is 0 Å². The van der Waals surface area contributed by atoms with Crippen LogP contribution < -0.4 is 17.0 Å². The molecule has 0 aromatic heterocycles. The van der Waals surface area contributed by atoms with Crippen LogP contribution in [0.1, 0.15) is 32.1 Å². The Balaban J connectivity index is 0.000000720. The fraction of sp³-hybridized carbons (Fsp3) is 1.00. The van der Waals surface area contributed by atoms with E-state index in [1.807, 2.05) is 0 Å². The zero-order valence-corrected chi connectivity index (χ0v) is 12.2. The number of rotatable bonds is 2. The maximum atomic E-state index is 3.72. The van der Waals surface area contributed by atoms with Gasteiger partial charge >= 0.3 is 82.2 Å². The molecule has 12 heavy (non-hydrogen) atoms. The molecule has 0 bridgehead atoms. The van der Waals surface area contributed by atoms with Gasteiger partial charge in [0.25, 0.3) is 0 Å². The minimum atomic E-state index is -0.136. The van der Waals surface area contributed by atoms with Gasteiger partial charge in [-0.2, -0.15) is 0 Å². The molecule has 2 rings (SSSR count). The molecular formula is C9H16Br2Se. The van der Waals surface area contributed by atoms with E-state index in [-0.39, 0.29) is 30.9 Å². The maximum absolute atomic E-state index is 3.72. The molecule has 0 nitrogen and oxygen atoms in total. The average molecular weight is 363 g/mol. The van der Waals surface area contributed by atoms with Crippen LogP contribution in [0.25, 0.3) is 0 Å². The van der Waals surface area contributed by atoms with Gasteiger partial charge in [0.2, 0.25) is 0 Å². The van der Waals surface area contributed by atoms with Crippen molar-refractivity contribution in [3.63, 3.8) is 0 Å². The van der Waals surface area contributed by atoms with E-state index in [1.54, 1.807) is 36.3 Å². The molecule has 2 aliphatic rings. The molecule has 0 aromatic carbocycles. The van der Waals surface area contributed by atoms with Crippen LogP contribution in [-0.2, 0) is 0 Å². The van der Waals surface area contributed by atoms with Crippen molar-refractivity contribution in [1.29, 1.82) is 0 Å². The van der Waals surface area contributed by atoms with Crippen molar-refractivity contribution in [2.45, 2.75) is 47.1 Å². The monoisotopic (exact) mass is 362 g/mol. The summed E-state index contributed by atoms with van der Waals surface area (Å²) < 4.78 is 0.885. The summed E-state index contributed by atoms with van der Waals surface area (Å²) in [4.78, 5) is 0. The predicted molar refractivity (Wildman–Crippen MR) is 54.9 cm³/mol. The van der Waals surface area contributed by atoms with Crippen molar-refractivity contribution in [2.24, 2.45) is 0 Å². The van der Waals surface area contributed by atoms with E-state index >= 15 is 0 Å². The second-order valence-corrected chi connectivity index (χ2v) is 9.94. The summed E-state index contributed by atoms with van der Waals surface area (Å²) in [5.74, 6) is 0. The topological polar surface area (TPSA) is 0 Å². The summed E-state index contributed by atoms with van der Waals surface area (Å²) >= 11 is 3.59. The average Bonchev–Trinajstić information content (AvgIpc) is 2.39. The van der Waals surface area contributed by atoms with Crippen molar-refractivity contribution in [3.05, 3.63) is 0 Å². The predicted octanol–water partition coefficient (Wildman–Crippen LogP) is 0.598. The Morgan fingerprint density at radius 3 is 2.00 bits per heavy atom. The van der Waals surface area contributed by atoms with E-state index in [0.29, 0.717) is 0 Å². The van der Waals surface area contributed by atoms with Crippen LogP contribution in [0.4, 0.5) is 0 Å². The fourth-order valence-corrected chi connectivity index (χ4v) is 11.1. The Morgan fingerprint density at radius 2 is 1.67 bits per heavy atom. The van der Waals surface area contributed by atoms with E-state index in [4.69, 9.17) is 0 Å². The standard InChI is InChI=1S/C9H16BrSe.BrH/c10-8-9(4-3-5-9)11-6-1-2-7-11;/h1-8H2;1H/q+1;/p-1. The van der Waals surface area contributed by atoms with Crippen LogP contribution in [0.15, 0.2) is 0 Å². The molecule has 0 unspecified atom stereocenters. The third-order valence-electron chi connectivity index (χ3n) is 3.15. The van der Waals surface area contributed by atoms with E-state index in [1.165, 1.54) is 11.8 Å². The molecule has 72 valence electrons. The van der Waals surface area contributed by atoms with E-state index in [2.05, 4.69) is 15.9 Å². The fourth-order valence-electron chi connectivity index (χ4n) is 2.16. The molecule has 0 radical (unpaired) electrons. The molecule has 0 atom stereocenters. The van der Waals surface area contributed by atoms with Crippen LogP contribution in [0.3, 0.4) is 0 Å². The van der Waals surface area contributed by atoms with Crippen molar-refractivity contribution < 1.29 is 17.0 Å². The normalized spacial score (nSPS) is 27.8. The molecule has 1 heterocycles. The number of hydrogen-bond donors (Lipinski definition) is 0. The Bertz CT molecular complexity index is 134. The molecule has 0 N–H and O–H groups in total. The number of alkyl halides is 1. The first-order valence-corrected chi connectivity index (χ1v) is 9.01. The van der Waals surface area contributed by atoms with Gasteiger partial charge in [0.05, 0.1) is 0 Å². The molecular weight excluding hydrogens is 347 g/mol. The molecule has 1 aliphatic carbocycles. The van der Waals surface area contributed by atoms with Gasteiger partial charge in [-0.3, -0.25) is 0 Å². The smallest absolute Gasteiger partial charge is 1.00 e. The first kappa shape index (κ1) is 11.6. The van der Waals surface area contributed by atoms with Crippen LogP contribution >= 0.6 is 15.9 Å². The Morgan fingerprint density at radius 1 is 1.08 bits per heavy atom. The maximum Gasteiger partial charge on any atom is -1.00 e. The van der Waals surface area contributed by atoms with Gasteiger partial charge in [-0.1, -0.05) is 0 Å². The minimum Gasteiger partial charge on any atom is -1.00 e. The minimum absolute atomic E-state index is 0. The molecule has 2 fully saturated rings. The number of halogens is 2. The van der Waals surface area contributed by atoms with Crippen LogP contribution in [0.2, 0.25) is 15.0 Å². The molecule has 0 amide bonds. The number of hydrogen-bond acceptors (Lipinski definition) is 0. The summed E-state index contributed by atoms with van der Waals surface area (Å²) in [6, 6.07) is 0. The zero-order valence-electron chi connectivity index (χ0n) is 7.32. The van der Waals surface area contributed by atoms with E-state index in [9.17, 15) is 0 Å². The first-order chi connectivity index (χ1) is 5.37. The van der Waals surface area contributed by atoms with Gasteiger partial charge in [-0.05, 0) is 0 Å². The molecule has 3 heteroatoms.